The third-order valence-corrected chi connectivity index (χ3v) is 3.74. The molecule has 1 aromatic heterocycles. The number of ether oxygens (including phenoxy) is 3. The van der Waals surface area contributed by atoms with Gasteiger partial charge in [-0.05, 0) is 43.3 Å². The van der Waals surface area contributed by atoms with Crippen molar-refractivity contribution in [1.82, 2.24) is 0 Å². The van der Waals surface area contributed by atoms with Gasteiger partial charge in [-0.15, -0.1) is 0 Å². The van der Waals surface area contributed by atoms with Crippen LogP contribution in [0.1, 0.15) is 54.7 Å². The van der Waals surface area contributed by atoms with Gasteiger partial charge in [0.15, 0.2) is 6.10 Å². The molecule has 0 aliphatic carbocycles. The fraction of sp³-hybridized carbons (Fsp3) is 0.300. The molecule has 0 saturated heterocycles. The van der Waals surface area contributed by atoms with E-state index in [0.717, 1.165) is 0 Å². The van der Waals surface area contributed by atoms with E-state index in [1.165, 1.54) is 36.4 Å². The predicted octanol–water partition coefficient (Wildman–Crippen LogP) is 2.73. The highest BCUT2D eigenvalue weighted by Crippen LogP contribution is 2.25. The van der Waals surface area contributed by atoms with Crippen LogP contribution in [0.5, 0.6) is 5.75 Å². The number of furan rings is 1. The largest absolute Gasteiger partial charge is 0.466 e. The molecule has 0 radical (unpaired) electrons. The summed E-state index contributed by atoms with van der Waals surface area (Å²) in [6.07, 6.45) is -1.14. The molecule has 0 amide bonds. The molecule has 2 rings (SSSR count). The van der Waals surface area contributed by atoms with E-state index in [9.17, 15) is 14.4 Å². The lowest BCUT2D eigenvalue weighted by molar-refractivity contribution is -0.156. The fourth-order valence-corrected chi connectivity index (χ4v) is 2.31. The van der Waals surface area contributed by atoms with Crippen molar-refractivity contribution in [1.29, 1.82) is 5.41 Å². The van der Waals surface area contributed by atoms with Crippen LogP contribution in [-0.4, -0.2) is 30.4 Å². The quantitative estimate of drug-likeness (QED) is 0.282. The predicted molar refractivity (Wildman–Crippen MR) is 101 cm³/mol. The van der Waals surface area contributed by atoms with Crippen molar-refractivity contribution in [3.63, 3.8) is 0 Å². The summed E-state index contributed by atoms with van der Waals surface area (Å²) in [5.41, 5.74) is 5.87. The number of carbonyl (C=O) groups excluding carboxylic acids is 3. The first-order valence-corrected chi connectivity index (χ1v) is 8.95. The van der Waals surface area contributed by atoms with E-state index < -0.39 is 24.0 Å². The maximum absolute atomic E-state index is 12.3. The Morgan fingerprint density at radius 2 is 1.76 bits per heavy atom. The van der Waals surface area contributed by atoms with Crippen molar-refractivity contribution in [2.24, 2.45) is 5.73 Å². The summed E-state index contributed by atoms with van der Waals surface area (Å²) in [6.45, 7) is 3.46. The number of nitrogens with two attached hydrogens (primary N) is 1. The summed E-state index contributed by atoms with van der Waals surface area (Å²) < 4.78 is 20.8. The molecule has 9 nitrogen and oxygen atoms in total. The molecule has 1 unspecified atom stereocenters. The fourth-order valence-electron chi connectivity index (χ4n) is 2.31. The van der Waals surface area contributed by atoms with Gasteiger partial charge in [-0.25, -0.2) is 4.79 Å². The second-order valence-corrected chi connectivity index (χ2v) is 5.87. The van der Waals surface area contributed by atoms with Gasteiger partial charge in [0, 0.05) is 12.0 Å². The van der Waals surface area contributed by atoms with Gasteiger partial charge in [-0.3, -0.25) is 15.0 Å². The Labute approximate surface area is 167 Å². The van der Waals surface area contributed by atoms with Gasteiger partial charge in [0.05, 0.1) is 13.0 Å². The Balaban J connectivity index is 2.12. The number of hydrogen-bond donors (Lipinski definition) is 2. The molecule has 0 saturated carbocycles. The highest BCUT2D eigenvalue weighted by atomic mass is 16.6. The number of esters is 3. The van der Waals surface area contributed by atoms with Crippen LogP contribution in [0.15, 0.2) is 40.8 Å². The van der Waals surface area contributed by atoms with E-state index >= 15 is 0 Å². The average Bonchev–Trinajstić information content (AvgIpc) is 3.18. The van der Waals surface area contributed by atoms with Gasteiger partial charge in [0.2, 0.25) is 5.76 Å². The van der Waals surface area contributed by atoms with Gasteiger partial charge in [-0.2, -0.15) is 0 Å². The Bertz CT molecular complexity index is 886. The van der Waals surface area contributed by atoms with Crippen molar-refractivity contribution in [3.8, 4) is 5.75 Å². The summed E-state index contributed by atoms with van der Waals surface area (Å²) in [5, 5.41) is 7.35. The Kier molecular flexibility index (Phi) is 7.53. The smallest absolute Gasteiger partial charge is 0.379 e. The monoisotopic (exact) mass is 402 g/mol. The van der Waals surface area contributed by atoms with E-state index in [4.69, 9.17) is 29.8 Å². The number of nitrogen functional groups attached to an aromatic ring is 1. The summed E-state index contributed by atoms with van der Waals surface area (Å²) in [6, 6.07) is 8.86. The average molecular weight is 402 g/mol. The Morgan fingerprint density at radius 1 is 1.07 bits per heavy atom. The highest BCUT2D eigenvalue weighted by Gasteiger charge is 2.25. The molecule has 154 valence electrons. The van der Waals surface area contributed by atoms with Crippen LogP contribution in [0, 0.1) is 5.41 Å². The van der Waals surface area contributed by atoms with Crippen LogP contribution < -0.4 is 10.5 Å². The molecule has 1 atom stereocenters. The van der Waals surface area contributed by atoms with E-state index in [2.05, 4.69) is 0 Å². The summed E-state index contributed by atoms with van der Waals surface area (Å²) in [5.74, 6) is -1.73. The zero-order valence-corrected chi connectivity index (χ0v) is 16.1. The normalized spacial score (nSPS) is 11.4. The molecule has 3 N–H and O–H groups in total. The summed E-state index contributed by atoms with van der Waals surface area (Å²) in [7, 11) is 0. The third-order valence-electron chi connectivity index (χ3n) is 3.74. The number of nitrogens with one attached hydrogen (secondary N) is 1. The van der Waals surface area contributed by atoms with Crippen LogP contribution in [0.4, 0.5) is 0 Å². The molecule has 9 heteroatoms. The second-order valence-electron chi connectivity index (χ2n) is 5.87. The first kappa shape index (κ1) is 21.7. The lowest BCUT2D eigenvalue weighted by Gasteiger charge is -2.14. The first-order chi connectivity index (χ1) is 13.8. The number of rotatable bonds is 9. The van der Waals surface area contributed by atoms with Crippen molar-refractivity contribution < 1.29 is 33.0 Å². The number of benzene rings is 1. The Hall–Kier alpha value is -3.62. The third kappa shape index (κ3) is 6.20. The van der Waals surface area contributed by atoms with Crippen LogP contribution in [0.2, 0.25) is 0 Å². The van der Waals surface area contributed by atoms with Crippen LogP contribution >= 0.6 is 0 Å². The minimum absolute atomic E-state index is 0.104. The van der Waals surface area contributed by atoms with E-state index in [1.54, 1.807) is 13.8 Å². The van der Waals surface area contributed by atoms with Gasteiger partial charge in [0.1, 0.15) is 17.3 Å². The molecular weight excluding hydrogens is 380 g/mol. The first-order valence-electron chi connectivity index (χ1n) is 8.95. The number of hydrogen-bond acceptors (Lipinski definition) is 8. The van der Waals surface area contributed by atoms with Crippen molar-refractivity contribution in [3.05, 3.63) is 53.5 Å². The number of amidine groups is 1. The van der Waals surface area contributed by atoms with Gasteiger partial charge in [0.25, 0.3) is 0 Å². The topological polar surface area (TPSA) is 142 Å². The molecule has 1 aromatic carbocycles. The maximum Gasteiger partial charge on any atom is 0.379 e. The maximum atomic E-state index is 12.3. The number of carbonyl (C=O) groups is 3. The molecule has 0 aliphatic heterocycles. The standard InChI is InChI=1S/C20H22N2O7/c1-3-17(23)29-16(11-18(24)26-4-2)14-9-10-15(28-14)20(25)27-13-7-5-12(6-8-13)19(21)22/h5-10,16H,3-4,11H2,1-2H3,(H3,21,22). The van der Waals surface area contributed by atoms with Crippen LogP contribution in [0.3, 0.4) is 0 Å². The van der Waals surface area contributed by atoms with Crippen molar-refractivity contribution >= 4 is 23.7 Å². The zero-order chi connectivity index (χ0) is 21.4. The second kappa shape index (κ2) is 10.1. The SMILES string of the molecule is CCOC(=O)CC(OC(=O)CC)c1ccc(C(=O)Oc2ccc(C(=N)N)cc2)o1. The summed E-state index contributed by atoms with van der Waals surface area (Å²) >= 11 is 0. The minimum Gasteiger partial charge on any atom is -0.466 e. The van der Waals surface area contributed by atoms with Gasteiger partial charge < -0.3 is 24.4 Å². The lowest BCUT2D eigenvalue weighted by Crippen LogP contribution is -2.16. The highest BCUT2D eigenvalue weighted by molar-refractivity contribution is 5.95. The molecule has 0 aliphatic rings. The summed E-state index contributed by atoms with van der Waals surface area (Å²) in [4.78, 5) is 35.7. The Morgan fingerprint density at radius 3 is 2.34 bits per heavy atom. The van der Waals surface area contributed by atoms with Gasteiger partial charge >= 0.3 is 17.9 Å². The molecule has 0 fully saturated rings. The molecule has 0 spiro atoms. The van der Waals surface area contributed by atoms with E-state index in [0.29, 0.717) is 5.56 Å². The van der Waals surface area contributed by atoms with E-state index in [-0.39, 0.29) is 42.6 Å². The van der Waals surface area contributed by atoms with Gasteiger partial charge in [-0.1, -0.05) is 6.92 Å². The van der Waals surface area contributed by atoms with Crippen LogP contribution in [0.25, 0.3) is 0 Å². The molecule has 2 aromatic rings. The zero-order valence-electron chi connectivity index (χ0n) is 16.1. The molecular formula is C20H22N2O7. The lowest BCUT2D eigenvalue weighted by atomic mass is 10.2. The minimum atomic E-state index is -1.02. The van der Waals surface area contributed by atoms with Crippen molar-refractivity contribution in [2.45, 2.75) is 32.8 Å². The van der Waals surface area contributed by atoms with E-state index in [1.807, 2.05) is 0 Å². The molecule has 29 heavy (non-hydrogen) atoms. The molecule has 0 bridgehead atoms. The van der Waals surface area contributed by atoms with Crippen molar-refractivity contribution in [2.75, 3.05) is 6.61 Å². The molecule has 1 heterocycles. The van der Waals surface area contributed by atoms with Crippen LogP contribution in [-0.2, 0) is 19.1 Å².